The van der Waals surface area contributed by atoms with E-state index in [1.54, 1.807) is 24.4 Å². The maximum Gasteiger partial charge on any atom is 0.319 e. The average Bonchev–Trinajstić information content (AvgIpc) is 3.19. The molecule has 0 spiro atoms. The summed E-state index contributed by atoms with van der Waals surface area (Å²) < 4.78 is 16.8. The normalized spacial score (nSPS) is 13.7. The molecule has 27 heavy (non-hydrogen) atoms. The molecule has 4 rings (SSSR count). The molecule has 138 valence electrons. The van der Waals surface area contributed by atoms with Crippen LogP contribution < -0.4 is 20.1 Å². The maximum absolute atomic E-state index is 12.3. The summed E-state index contributed by atoms with van der Waals surface area (Å²) in [6.45, 7) is 2.83. The summed E-state index contributed by atoms with van der Waals surface area (Å²) in [5.41, 5.74) is 1.55. The van der Waals surface area contributed by atoms with Gasteiger partial charge in [-0.3, -0.25) is 0 Å². The minimum absolute atomic E-state index is 0.362. The molecule has 2 amide bonds. The molecule has 1 aromatic heterocycles. The van der Waals surface area contributed by atoms with Crippen LogP contribution in [-0.2, 0) is 0 Å². The molecule has 0 aliphatic carbocycles. The fourth-order valence-electron chi connectivity index (χ4n) is 2.77. The second-order valence-corrected chi connectivity index (χ2v) is 6.11. The number of nitrogens with zero attached hydrogens (tertiary/aromatic N) is 1. The van der Waals surface area contributed by atoms with Gasteiger partial charge >= 0.3 is 6.03 Å². The van der Waals surface area contributed by atoms with E-state index >= 15 is 0 Å². The summed E-state index contributed by atoms with van der Waals surface area (Å²) >= 11 is 0. The van der Waals surface area contributed by atoms with Crippen LogP contribution in [0.25, 0.3) is 11.3 Å². The van der Waals surface area contributed by atoms with E-state index in [1.807, 2.05) is 37.3 Å². The fraction of sp³-hybridized carbons (Fsp3) is 0.200. The highest BCUT2D eigenvalue weighted by atomic mass is 16.6. The third kappa shape index (κ3) is 3.87. The van der Waals surface area contributed by atoms with Gasteiger partial charge in [-0.05, 0) is 19.1 Å². The van der Waals surface area contributed by atoms with Crippen molar-refractivity contribution >= 4 is 11.7 Å². The SMILES string of the molecule is CC(NC(=O)Nc1ccc2c(c1)OCCO2)c1ncc(-c2ccccc2)o1. The molecular formula is C20H19N3O4. The average molecular weight is 365 g/mol. The predicted octanol–water partition coefficient (Wildman–Crippen LogP) is 4.00. The Morgan fingerprint density at radius 3 is 2.67 bits per heavy atom. The first-order valence-corrected chi connectivity index (χ1v) is 8.67. The number of carbonyl (C=O) groups is 1. The molecule has 0 radical (unpaired) electrons. The van der Waals surface area contributed by atoms with Crippen molar-refractivity contribution in [1.29, 1.82) is 0 Å². The smallest absolute Gasteiger partial charge is 0.319 e. The van der Waals surface area contributed by atoms with Gasteiger partial charge in [-0.1, -0.05) is 30.3 Å². The first-order valence-electron chi connectivity index (χ1n) is 8.67. The van der Waals surface area contributed by atoms with Crippen LogP contribution in [0.15, 0.2) is 59.1 Å². The van der Waals surface area contributed by atoms with Gasteiger partial charge in [0, 0.05) is 17.3 Å². The van der Waals surface area contributed by atoms with Crippen LogP contribution in [-0.4, -0.2) is 24.2 Å². The van der Waals surface area contributed by atoms with Crippen molar-refractivity contribution in [2.45, 2.75) is 13.0 Å². The highest BCUT2D eigenvalue weighted by molar-refractivity contribution is 5.89. The van der Waals surface area contributed by atoms with E-state index in [-0.39, 0.29) is 12.1 Å². The number of oxazole rings is 1. The van der Waals surface area contributed by atoms with Gasteiger partial charge < -0.3 is 24.5 Å². The number of urea groups is 1. The molecule has 0 bridgehead atoms. The van der Waals surface area contributed by atoms with Crippen molar-refractivity contribution in [3.8, 4) is 22.8 Å². The molecule has 0 saturated heterocycles. The van der Waals surface area contributed by atoms with Gasteiger partial charge in [-0.25, -0.2) is 9.78 Å². The van der Waals surface area contributed by atoms with Gasteiger partial charge in [0.2, 0.25) is 5.89 Å². The quantitative estimate of drug-likeness (QED) is 0.730. The number of amides is 2. The Balaban J connectivity index is 1.39. The molecule has 1 atom stereocenters. The number of hydrogen-bond donors (Lipinski definition) is 2. The third-order valence-corrected chi connectivity index (χ3v) is 4.10. The van der Waals surface area contributed by atoms with Crippen molar-refractivity contribution in [1.82, 2.24) is 10.3 Å². The molecule has 7 nitrogen and oxygen atoms in total. The van der Waals surface area contributed by atoms with Crippen LogP contribution in [0.1, 0.15) is 18.9 Å². The summed E-state index contributed by atoms with van der Waals surface area (Å²) in [6, 6.07) is 14.2. The lowest BCUT2D eigenvalue weighted by atomic mass is 10.2. The highest BCUT2D eigenvalue weighted by Gasteiger charge is 2.17. The Hall–Kier alpha value is -3.48. The number of aromatic nitrogens is 1. The van der Waals surface area contributed by atoms with Gasteiger partial charge in [0.1, 0.15) is 19.3 Å². The molecule has 1 aliphatic rings. The summed E-state index contributed by atoms with van der Waals surface area (Å²) in [5, 5.41) is 5.59. The Morgan fingerprint density at radius 1 is 1.07 bits per heavy atom. The van der Waals surface area contributed by atoms with E-state index in [4.69, 9.17) is 13.9 Å². The fourth-order valence-corrected chi connectivity index (χ4v) is 2.77. The zero-order chi connectivity index (χ0) is 18.6. The topological polar surface area (TPSA) is 85.6 Å². The Labute approximate surface area is 156 Å². The number of anilines is 1. The molecule has 2 heterocycles. The van der Waals surface area contributed by atoms with E-state index in [0.29, 0.717) is 42.1 Å². The van der Waals surface area contributed by atoms with Crippen LogP contribution in [0.5, 0.6) is 11.5 Å². The van der Waals surface area contributed by atoms with E-state index in [9.17, 15) is 4.79 Å². The number of rotatable bonds is 4. The standard InChI is InChI=1S/C20H19N3O4/c1-13(19-21-12-18(27-19)14-5-3-2-4-6-14)22-20(24)23-15-7-8-16-17(11-15)26-10-9-25-16/h2-8,11-13H,9-10H2,1H3,(H2,22,23,24). The monoisotopic (exact) mass is 365 g/mol. The summed E-state index contributed by atoms with van der Waals surface area (Å²) in [4.78, 5) is 16.5. The number of hydrogen-bond acceptors (Lipinski definition) is 5. The van der Waals surface area contributed by atoms with Crippen LogP contribution in [0.2, 0.25) is 0 Å². The Kier molecular flexibility index (Phi) is 4.65. The Morgan fingerprint density at radius 2 is 1.85 bits per heavy atom. The number of benzene rings is 2. The number of ether oxygens (including phenoxy) is 2. The van der Waals surface area contributed by atoms with Crippen LogP contribution in [0, 0.1) is 0 Å². The summed E-state index contributed by atoms with van der Waals surface area (Å²) in [6.07, 6.45) is 1.65. The molecule has 0 saturated carbocycles. The molecule has 0 fully saturated rings. The van der Waals surface area contributed by atoms with Crippen molar-refractivity contribution in [3.63, 3.8) is 0 Å². The van der Waals surface area contributed by atoms with Crippen LogP contribution >= 0.6 is 0 Å². The zero-order valence-electron chi connectivity index (χ0n) is 14.8. The van der Waals surface area contributed by atoms with Gasteiger partial charge in [-0.15, -0.1) is 0 Å². The lowest BCUT2D eigenvalue weighted by molar-refractivity contribution is 0.171. The van der Waals surface area contributed by atoms with Crippen molar-refractivity contribution in [2.75, 3.05) is 18.5 Å². The number of carbonyl (C=O) groups excluding carboxylic acids is 1. The van der Waals surface area contributed by atoms with Gasteiger partial charge in [0.25, 0.3) is 0 Å². The molecular weight excluding hydrogens is 346 g/mol. The lowest BCUT2D eigenvalue weighted by Gasteiger charge is -2.19. The minimum Gasteiger partial charge on any atom is -0.486 e. The maximum atomic E-state index is 12.3. The third-order valence-electron chi connectivity index (χ3n) is 4.10. The predicted molar refractivity (Wildman–Crippen MR) is 99.9 cm³/mol. The molecule has 2 N–H and O–H groups in total. The molecule has 3 aromatic rings. The van der Waals surface area contributed by atoms with E-state index in [2.05, 4.69) is 15.6 Å². The first-order chi connectivity index (χ1) is 13.2. The molecule has 7 heteroatoms. The van der Waals surface area contributed by atoms with Gasteiger partial charge in [0.15, 0.2) is 17.3 Å². The van der Waals surface area contributed by atoms with Crippen molar-refractivity contribution < 1.29 is 18.7 Å². The second-order valence-electron chi connectivity index (χ2n) is 6.11. The molecule has 1 aliphatic heterocycles. The van der Waals surface area contributed by atoms with Gasteiger partial charge in [-0.2, -0.15) is 0 Å². The molecule has 2 aromatic carbocycles. The highest BCUT2D eigenvalue weighted by Crippen LogP contribution is 2.32. The zero-order valence-corrected chi connectivity index (χ0v) is 14.8. The molecule has 1 unspecified atom stereocenters. The largest absolute Gasteiger partial charge is 0.486 e. The van der Waals surface area contributed by atoms with Crippen LogP contribution in [0.4, 0.5) is 10.5 Å². The summed E-state index contributed by atoms with van der Waals surface area (Å²) in [5.74, 6) is 2.39. The first kappa shape index (κ1) is 17.0. The van der Waals surface area contributed by atoms with E-state index in [1.165, 1.54) is 0 Å². The van der Waals surface area contributed by atoms with Crippen molar-refractivity contribution in [2.24, 2.45) is 0 Å². The summed E-state index contributed by atoms with van der Waals surface area (Å²) in [7, 11) is 0. The minimum atomic E-state index is -0.389. The lowest BCUT2D eigenvalue weighted by Crippen LogP contribution is -2.31. The van der Waals surface area contributed by atoms with E-state index in [0.717, 1.165) is 5.56 Å². The second kappa shape index (κ2) is 7.41. The number of nitrogens with one attached hydrogen (secondary N) is 2. The Bertz CT molecular complexity index is 939. The van der Waals surface area contributed by atoms with Gasteiger partial charge in [0.05, 0.1) is 6.20 Å². The number of fused-ring (bicyclic) bond motifs is 1. The van der Waals surface area contributed by atoms with Crippen molar-refractivity contribution in [3.05, 3.63) is 60.6 Å². The van der Waals surface area contributed by atoms with E-state index < -0.39 is 0 Å². The van der Waals surface area contributed by atoms with Crippen LogP contribution in [0.3, 0.4) is 0 Å².